The summed E-state index contributed by atoms with van der Waals surface area (Å²) >= 11 is 3.79. The van der Waals surface area contributed by atoms with Crippen LogP contribution in [0.25, 0.3) is 0 Å². The summed E-state index contributed by atoms with van der Waals surface area (Å²) in [4.78, 5) is 0. The second kappa shape index (κ2) is 6.57. The Kier molecular flexibility index (Phi) is 4.65. The van der Waals surface area contributed by atoms with Crippen molar-refractivity contribution in [1.82, 2.24) is 0 Å². The van der Waals surface area contributed by atoms with E-state index in [1.807, 2.05) is 0 Å². The van der Waals surface area contributed by atoms with E-state index < -0.39 is 0 Å². The maximum absolute atomic E-state index is 6.05. The molecule has 4 aliphatic carbocycles. The lowest BCUT2D eigenvalue weighted by Gasteiger charge is -2.59. The van der Waals surface area contributed by atoms with Gasteiger partial charge in [0.25, 0.3) is 0 Å². The van der Waals surface area contributed by atoms with Gasteiger partial charge in [0.05, 0.1) is 13.2 Å². The van der Waals surface area contributed by atoms with Gasteiger partial charge < -0.3 is 9.47 Å². The van der Waals surface area contributed by atoms with Crippen LogP contribution >= 0.6 is 15.9 Å². The Morgan fingerprint density at radius 2 is 1.81 bits per heavy atom. The molecular formula is C24H37BrO2. The van der Waals surface area contributed by atoms with Crippen LogP contribution in [0.15, 0.2) is 11.6 Å². The Bertz CT molecular complexity index is 624. The van der Waals surface area contributed by atoms with Crippen molar-refractivity contribution in [2.75, 3.05) is 18.5 Å². The summed E-state index contributed by atoms with van der Waals surface area (Å²) in [5, 5.41) is 1.17. The normalized spacial score (nSPS) is 49.3. The van der Waals surface area contributed by atoms with Gasteiger partial charge in [-0.2, -0.15) is 0 Å². The Balaban J connectivity index is 1.43. The Hall–Kier alpha value is 0.140. The molecule has 0 aromatic carbocycles. The molecule has 0 radical (unpaired) electrons. The summed E-state index contributed by atoms with van der Waals surface area (Å²) in [5.41, 5.74) is 2.65. The first-order valence-corrected chi connectivity index (χ1v) is 12.6. The zero-order chi connectivity index (χ0) is 18.9. The Labute approximate surface area is 174 Å². The van der Waals surface area contributed by atoms with Crippen LogP contribution in [-0.4, -0.2) is 24.3 Å². The van der Waals surface area contributed by atoms with Crippen molar-refractivity contribution in [2.24, 2.45) is 40.4 Å². The molecule has 3 saturated carbocycles. The van der Waals surface area contributed by atoms with Gasteiger partial charge in [-0.15, -0.1) is 0 Å². The van der Waals surface area contributed by atoms with Crippen molar-refractivity contribution in [1.29, 1.82) is 0 Å². The highest BCUT2D eigenvalue weighted by Crippen LogP contribution is 2.68. The molecule has 1 spiro atoms. The van der Waals surface area contributed by atoms with E-state index in [4.69, 9.17) is 9.47 Å². The summed E-state index contributed by atoms with van der Waals surface area (Å²) in [6, 6.07) is 0. The summed E-state index contributed by atoms with van der Waals surface area (Å²) in [6.45, 7) is 9.26. The lowest BCUT2D eigenvalue weighted by Crippen LogP contribution is -2.52. The van der Waals surface area contributed by atoms with Crippen LogP contribution in [0.5, 0.6) is 0 Å². The largest absolute Gasteiger partial charge is 0.344 e. The second-order valence-corrected chi connectivity index (χ2v) is 11.5. The summed E-state index contributed by atoms with van der Waals surface area (Å²) in [5.74, 6) is 4.15. The van der Waals surface area contributed by atoms with Gasteiger partial charge in [-0.1, -0.05) is 42.3 Å². The topological polar surface area (TPSA) is 18.5 Å². The zero-order valence-electron chi connectivity index (χ0n) is 17.4. The first-order valence-electron chi connectivity index (χ1n) is 11.5. The predicted molar refractivity (Wildman–Crippen MR) is 113 cm³/mol. The Morgan fingerprint density at radius 1 is 1.04 bits per heavy atom. The van der Waals surface area contributed by atoms with Crippen LogP contribution in [0, 0.1) is 40.4 Å². The third-order valence-electron chi connectivity index (χ3n) is 9.90. The fraction of sp³-hybridized carbons (Fsp3) is 0.917. The molecule has 7 atom stereocenters. The average Bonchev–Trinajstić information content (AvgIpc) is 3.26. The highest BCUT2D eigenvalue weighted by atomic mass is 79.9. The van der Waals surface area contributed by atoms with Crippen molar-refractivity contribution in [3.8, 4) is 0 Å². The van der Waals surface area contributed by atoms with E-state index in [9.17, 15) is 0 Å². The van der Waals surface area contributed by atoms with Gasteiger partial charge in [0.2, 0.25) is 0 Å². The van der Waals surface area contributed by atoms with Crippen molar-refractivity contribution in [3.05, 3.63) is 11.6 Å². The van der Waals surface area contributed by atoms with E-state index in [2.05, 4.69) is 42.8 Å². The summed E-state index contributed by atoms with van der Waals surface area (Å²) in [6.07, 6.45) is 13.2. The van der Waals surface area contributed by atoms with Gasteiger partial charge in [-0.3, -0.25) is 0 Å². The number of halogens is 1. The van der Waals surface area contributed by atoms with Gasteiger partial charge in [0.15, 0.2) is 5.79 Å². The molecule has 5 aliphatic rings. The van der Waals surface area contributed by atoms with E-state index in [0.29, 0.717) is 10.8 Å². The van der Waals surface area contributed by atoms with Gasteiger partial charge in [-0.25, -0.2) is 0 Å². The van der Waals surface area contributed by atoms with Crippen LogP contribution in [0.4, 0.5) is 0 Å². The lowest BCUT2D eigenvalue weighted by atomic mass is 9.46. The molecule has 0 aromatic heterocycles. The maximum Gasteiger partial charge on any atom is 0.188 e. The highest BCUT2D eigenvalue weighted by Gasteiger charge is 2.60. The fourth-order valence-corrected chi connectivity index (χ4v) is 8.91. The van der Waals surface area contributed by atoms with E-state index in [-0.39, 0.29) is 5.79 Å². The molecule has 0 amide bonds. The van der Waals surface area contributed by atoms with E-state index >= 15 is 0 Å². The minimum atomic E-state index is -0.366. The molecule has 0 aromatic rings. The molecule has 3 heteroatoms. The number of rotatable bonds is 2. The molecule has 152 valence electrons. The molecule has 1 heterocycles. The Morgan fingerprint density at radius 3 is 2.56 bits per heavy atom. The molecule has 0 N–H and O–H groups in total. The van der Waals surface area contributed by atoms with Gasteiger partial charge in [0.1, 0.15) is 0 Å². The van der Waals surface area contributed by atoms with Crippen molar-refractivity contribution < 1.29 is 9.47 Å². The number of fused-ring (bicyclic) bond motifs is 5. The molecule has 2 nitrogen and oxygen atoms in total. The molecular weight excluding hydrogens is 400 g/mol. The molecule has 1 saturated heterocycles. The van der Waals surface area contributed by atoms with Gasteiger partial charge >= 0.3 is 0 Å². The molecule has 27 heavy (non-hydrogen) atoms. The average molecular weight is 437 g/mol. The summed E-state index contributed by atoms with van der Waals surface area (Å²) in [7, 11) is 0. The maximum atomic E-state index is 6.05. The quantitative estimate of drug-likeness (QED) is 0.371. The van der Waals surface area contributed by atoms with Crippen molar-refractivity contribution >= 4 is 15.9 Å². The standard InChI is InChI=1S/C24H37BrO2/c1-16(15-25)19-6-7-20-18-5-4-17-14-24(26-12-13-27-24)11-10-22(17,2)21(18)8-9-23(19,20)3/h14,16,18-21H,4-13,15H2,1-3H3/t16-,18?,19?,20?,21?,22+,23-/m1/s1. The van der Waals surface area contributed by atoms with E-state index in [0.717, 1.165) is 49.2 Å². The van der Waals surface area contributed by atoms with Crippen LogP contribution < -0.4 is 0 Å². The smallest absolute Gasteiger partial charge is 0.188 e. The number of hydrogen-bond donors (Lipinski definition) is 0. The van der Waals surface area contributed by atoms with Crippen molar-refractivity contribution in [2.45, 2.75) is 77.9 Å². The molecule has 4 unspecified atom stereocenters. The molecule has 1 aliphatic heterocycles. The molecule has 0 bridgehead atoms. The number of hydrogen-bond acceptors (Lipinski definition) is 2. The second-order valence-electron chi connectivity index (χ2n) is 10.9. The SMILES string of the molecule is C[C@H](CBr)C1CCC2C3CCC4=CC5(CC[C@]4(C)C3CC[C@@]21C)OCCO5. The monoisotopic (exact) mass is 436 g/mol. The van der Waals surface area contributed by atoms with Gasteiger partial charge in [0, 0.05) is 11.8 Å². The lowest BCUT2D eigenvalue weighted by molar-refractivity contribution is -0.144. The predicted octanol–water partition coefficient (Wildman–Crippen LogP) is 6.34. The fourth-order valence-electron chi connectivity index (χ4n) is 8.46. The number of allylic oxidation sites excluding steroid dienone is 1. The molecule has 4 fully saturated rings. The van der Waals surface area contributed by atoms with E-state index in [1.165, 1.54) is 50.3 Å². The summed E-state index contributed by atoms with van der Waals surface area (Å²) < 4.78 is 12.1. The van der Waals surface area contributed by atoms with Crippen LogP contribution in [0.2, 0.25) is 0 Å². The highest BCUT2D eigenvalue weighted by molar-refractivity contribution is 9.09. The third-order valence-corrected chi connectivity index (χ3v) is 10.9. The van der Waals surface area contributed by atoms with Crippen LogP contribution in [0.3, 0.4) is 0 Å². The number of alkyl halides is 1. The zero-order valence-corrected chi connectivity index (χ0v) is 19.0. The van der Waals surface area contributed by atoms with E-state index in [1.54, 1.807) is 5.57 Å². The number of ether oxygens (including phenoxy) is 2. The molecule has 5 rings (SSSR count). The minimum absolute atomic E-state index is 0.366. The van der Waals surface area contributed by atoms with Crippen LogP contribution in [-0.2, 0) is 9.47 Å². The van der Waals surface area contributed by atoms with Gasteiger partial charge in [-0.05, 0) is 91.4 Å². The van der Waals surface area contributed by atoms with Crippen LogP contribution in [0.1, 0.15) is 72.1 Å². The first kappa shape index (κ1) is 19.1. The minimum Gasteiger partial charge on any atom is -0.344 e. The van der Waals surface area contributed by atoms with Crippen molar-refractivity contribution in [3.63, 3.8) is 0 Å². The first-order chi connectivity index (χ1) is 12.9. The third kappa shape index (κ3) is 2.70.